The van der Waals surface area contributed by atoms with E-state index in [1.165, 1.54) is 0 Å². The molecule has 0 aliphatic heterocycles. The van der Waals surface area contributed by atoms with Crippen molar-refractivity contribution in [3.05, 3.63) is 29.8 Å². The minimum Gasteiger partial charge on any atom is -0.508 e. The molecule has 0 unspecified atom stereocenters. The number of benzene rings is 1. The van der Waals surface area contributed by atoms with Gasteiger partial charge >= 0.3 is 5.97 Å². The summed E-state index contributed by atoms with van der Waals surface area (Å²) in [5, 5.41) is 9.30. The molecule has 0 saturated carbocycles. The number of hydrogen-bond donors (Lipinski definition) is 1. The van der Waals surface area contributed by atoms with Crippen molar-refractivity contribution in [3.8, 4) is 5.75 Å². The molecule has 1 N–H and O–H groups in total. The summed E-state index contributed by atoms with van der Waals surface area (Å²) < 4.78 is 5.45. The molecule has 1 aromatic rings. The van der Waals surface area contributed by atoms with E-state index in [2.05, 4.69) is 55.4 Å². The van der Waals surface area contributed by atoms with Crippen LogP contribution in [0.3, 0.4) is 0 Å². The molecule has 0 spiro atoms. The molecule has 0 aromatic heterocycles. The van der Waals surface area contributed by atoms with Crippen LogP contribution in [0, 0.1) is 22.2 Å². The van der Waals surface area contributed by atoms with Gasteiger partial charge in [-0.1, -0.05) is 67.5 Å². The second-order valence-electron chi connectivity index (χ2n) is 10.5. The maximum Gasteiger partial charge on any atom is 0.315 e. The molecule has 0 bridgehead atoms. The van der Waals surface area contributed by atoms with Crippen LogP contribution in [0.25, 0.3) is 0 Å². The number of aromatic hydroxyl groups is 1. The van der Waals surface area contributed by atoms with Gasteiger partial charge in [0.2, 0.25) is 0 Å². The molecule has 3 nitrogen and oxygen atoms in total. The van der Waals surface area contributed by atoms with Crippen molar-refractivity contribution in [2.75, 3.05) is 12.4 Å². The molecule has 0 amide bonds. The highest BCUT2D eigenvalue weighted by Crippen LogP contribution is 2.59. The smallest absolute Gasteiger partial charge is 0.315 e. The Morgan fingerprint density at radius 2 is 1.55 bits per heavy atom. The van der Waals surface area contributed by atoms with Gasteiger partial charge in [-0.05, 0) is 59.1 Å². The Balaban J connectivity index is 2.40. The summed E-state index contributed by atoms with van der Waals surface area (Å²) in [5.74, 6) is 1.80. The van der Waals surface area contributed by atoms with Gasteiger partial charge in [0.1, 0.15) is 5.75 Å². The summed E-state index contributed by atoms with van der Waals surface area (Å²) in [6.07, 6.45) is 3.13. The Hall–Kier alpha value is -1.16. The van der Waals surface area contributed by atoms with Crippen LogP contribution in [0.1, 0.15) is 80.2 Å². The summed E-state index contributed by atoms with van der Waals surface area (Å²) >= 11 is 1.54. The lowest BCUT2D eigenvalue weighted by Crippen LogP contribution is -2.50. The Morgan fingerprint density at radius 3 is 2.03 bits per heavy atom. The second kappa shape index (κ2) is 10.7. The average molecular weight is 423 g/mol. The lowest BCUT2D eigenvalue weighted by molar-refractivity contribution is -0.140. The predicted molar refractivity (Wildman–Crippen MR) is 125 cm³/mol. The number of phenolic OH excluding ortho intramolecular Hbond substituents is 1. The summed E-state index contributed by atoms with van der Waals surface area (Å²) in [4.78, 5) is 12.0. The van der Waals surface area contributed by atoms with Gasteiger partial charge in [-0.25, -0.2) is 0 Å². The van der Waals surface area contributed by atoms with Crippen LogP contribution >= 0.6 is 11.8 Å². The molecule has 1 aromatic carbocycles. The van der Waals surface area contributed by atoms with Crippen molar-refractivity contribution >= 4 is 17.7 Å². The Kier molecular flexibility index (Phi) is 9.59. The van der Waals surface area contributed by atoms with Gasteiger partial charge in [0.05, 0.1) is 12.4 Å². The van der Waals surface area contributed by atoms with E-state index >= 15 is 0 Å². The summed E-state index contributed by atoms with van der Waals surface area (Å²) in [6, 6.07) is 7.08. The SMILES string of the molecule is CC(C)C(CCCCOC(=O)CSCc1ccc(O)cc1)(C(C)(C)C)C(C)(C)C. The normalized spacial score (nSPS) is 13.0. The van der Waals surface area contributed by atoms with Crippen molar-refractivity contribution in [2.45, 2.75) is 80.4 Å². The zero-order valence-corrected chi connectivity index (χ0v) is 20.6. The fourth-order valence-electron chi connectivity index (χ4n) is 5.47. The van der Waals surface area contributed by atoms with Crippen LogP contribution in [-0.2, 0) is 15.3 Å². The van der Waals surface area contributed by atoms with Crippen LogP contribution in [0.4, 0.5) is 0 Å². The molecule has 166 valence electrons. The first-order valence-corrected chi connectivity index (χ1v) is 12.0. The number of ether oxygens (including phenoxy) is 1. The van der Waals surface area contributed by atoms with Crippen molar-refractivity contribution in [2.24, 2.45) is 22.2 Å². The molecule has 0 aliphatic rings. The number of thioether (sulfide) groups is 1. The third kappa shape index (κ3) is 7.24. The standard InChI is InChI=1S/C25H42O3S/c1-19(2)25(23(3,4)5,24(6,7)8)15-9-10-16-28-22(27)18-29-17-20-11-13-21(26)14-12-20/h11-14,19,26H,9-10,15-18H2,1-8H3. The minimum atomic E-state index is -0.143. The number of carbonyl (C=O) groups excluding carboxylic acids is 1. The molecule has 0 aliphatic carbocycles. The Bertz CT molecular complexity index is 607. The van der Waals surface area contributed by atoms with E-state index in [-0.39, 0.29) is 28.0 Å². The summed E-state index contributed by atoms with van der Waals surface area (Å²) in [5.41, 5.74) is 1.74. The van der Waals surface area contributed by atoms with Crippen LogP contribution in [0.15, 0.2) is 24.3 Å². The largest absolute Gasteiger partial charge is 0.508 e. The predicted octanol–water partition coefficient (Wildman–Crippen LogP) is 7.07. The molecular formula is C25H42O3S. The molecule has 0 saturated heterocycles. The van der Waals surface area contributed by atoms with Crippen LogP contribution in [0.2, 0.25) is 0 Å². The van der Waals surface area contributed by atoms with Gasteiger partial charge in [0.25, 0.3) is 0 Å². The summed E-state index contributed by atoms with van der Waals surface area (Å²) in [6.45, 7) is 19.4. The molecule has 0 radical (unpaired) electrons. The first-order chi connectivity index (χ1) is 13.3. The number of carbonyl (C=O) groups is 1. The highest BCUT2D eigenvalue weighted by molar-refractivity contribution is 7.99. The van der Waals surface area contributed by atoms with E-state index in [0.29, 0.717) is 18.3 Å². The number of hydrogen-bond acceptors (Lipinski definition) is 4. The minimum absolute atomic E-state index is 0.143. The molecule has 4 heteroatoms. The highest BCUT2D eigenvalue weighted by Gasteiger charge is 2.51. The maximum absolute atomic E-state index is 12.0. The quantitative estimate of drug-likeness (QED) is 0.323. The zero-order chi connectivity index (χ0) is 22.3. The monoisotopic (exact) mass is 422 g/mol. The lowest BCUT2D eigenvalue weighted by Gasteiger charge is -2.57. The van der Waals surface area contributed by atoms with Gasteiger partial charge in [-0.2, -0.15) is 0 Å². The van der Waals surface area contributed by atoms with Crippen LogP contribution in [-0.4, -0.2) is 23.4 Å². The Morgan fingerprint density at radius 1 is 1.00 bits per heavy atom. The highest BCUT2D eigenvalue weighted by atomic mass is 32.2. The van der Waals surface area contributed by atoms with Gasteiger partial charge in [0, 0.05) is 5.75 Å². The summed E-state index contributed by atoms with van der Waals surface area (Å²) in [7, 11) is 0. The van der Waals surface area contributed by atoms with Crippen molar-refractivity contribution in [1.82, 2.24) is 0 Å². The van der Waals surface area contributed by atoms with Crippen molar-refractivity contribution < 1.29 is 14.6 Å². The topological polar surface area (TPSA) is 46.5 Å². The second-order valence-corrected chi connectivity index (χ2v) is 11.4. The average Bonchev–Trinajstić information content (AvgIpc) is 2.57. The van der Waals surface area contributed by atoms with Crippen LogP contribution in [0.5, 0.6) is 5.75 Å². The third-order valence-electron chi connectivity index (χ3n) is 6.32. The molecule has 0 atom stereocenters. The molecule has 0 fully saturated rings. The molecular weight excluding hydrogens is 380 g/mol. The number of phenols is 1. The van der Waals surface area contributed by atoms with E-state index in [4.69, 9.17) is 4.74 Å². The zero-order valence-electron chi connectivity index (χ0n) is 19.8. The Labute approximate surface area is 183 Å². The van der Waals surface area contributed by atoms with E-state index < -0.39 is 0 Å². The first kappa shape index (κ1) is 25.9. The molecule has 29 heavy (non-hydrogen) atoms. The number of rotatable bonds is 10. The van der Waals surface area contributed by atoms with Gasteiger partial charge < -0.3 is 9.84 Å². The fourth-order valence-corrected chi connectivity index (χ4v) is 6.25. The van der Waals surface area contributed by atoms with Crippen molar-refractivity contribution in [3.63, 3.8) is 0 Å². The lowest BCUT2D eigenvalue weighted by atomic mass is 9.48. The number of esters is 1. The van der Waals surface area contributed by atoms with E-state index in [0.717, 1.165) is 30.6 Å². The molecule has 0 heterocycles. The van der Waals surface area contributed by atoms with Gasteiger partial charge in [-0.3, -0.25) is 4.79 Å². The van der Waals surface area contributed by atoms with Gasteiger partial charge in [0.15, 0.2) is 0 Å². The van der Waals surface area contributed by atoms with E-state index in [1.807, 2.05) is 12.1 Å². The van der Waals surface area contributed by atoms with Crippen molar-refractivity contribution in [1.29, 1.82) is 0 Å². The van der Waals surface area contributed by atoms with Crippen LogP contribution < -0.4 is 0 Å². The molecule has 1 rings (SSSR count). The number of unbranched alkanes of at least 4 members (excludes halogenated alkanes) is 1. The van der Waals surface area contributed by atoms with E-state index in [1.54, 1.807) is 23.9 Å². The maximum atomic E-state index is 12.0. The third-order valence-corrected chi connectivity index (χ3v) is 7.29. The van der Waals surface area contributed by atoms with E-state index in [9.17, 15) is 9.90 Å². The first-order valence-electron chi connectivity index (χ1n) is 10.8. The van der Waals surface area contributed by atoms with Gasteiger partial charge in [-0.15, -0.1) is 11.8 Å². The fraction of sp³-hybridized carbons (Fsp3) is 0.720.